The molecule has 0 atom stereocenters. The molecule has 0 unspecified atom stereocenters. The maximum atomic E-state index is 12.6. The number of pyridine rings is 1. The first kappa shape index (κ1) is 15.5. The first-order valence-corrected chi connectivity index (χ1v) is 6.85. The standard InChI is InChI=1S/C9H5ClF3N3O4S/c10-7-2-4(9(11,12)13)1-5-3-6(14-16(5)7)8(17)15-21(18,19)20/h1-3H,(H,15,17)(H,18,19,20). The van der Waals surface area contributed by atoms with E-state index < -0.39 is 38.8 Å². The summed E-state index contributed by atoms with van der Waals surface area (Å²) in [5.74, 6) is -1.31. The number of carbonyl (C=O) groups is 1. The van der Waals surface area contributed by atoms with Gasteiger partial charge >= 0.3 is 16.5 Å². The molecule has 2 rings (SSSR count). The molecular formula is C9H5ClF3N3O4S. The summed E-state index contributed by atoms with van der Waals surface area (Å²) in [6.45, 7) is 0. The van der Waals surface area contributed by atoms with Gasteiger partial charge in [-0.25, -0.2) is 9.24 Å². The number of fused-ring (bicyclic) bond motifs is 1. The molecule has 0 radical (unpaired) electrons. The lowest BCUT2D eigenvalue weighted by Gasteiger charge is -2.07. The highest BCUT2D eigenvalue weighted by Gasteiger charge is 2.32. The van der Waals surface area contributed by atoms with E-state index in [-0.39, 0.29) is 5.52 Å². The van der Waals surface area contributed by atoms with Gasteiger partial charge in [-0.15, -0.1) is 0 Å². The minimum atomic E-state index is -4.81. The summed E-state index contributed by atoms with van der Waals surface area (Å²) in [5.41, 5.74) is -1.76. The van der Waals surface area contributed by atoms with Gasteiger partial charge in [-0.05, 0) is 18.2 Å². The molecule has 21 heavy (non-hydrogen) atoms. The van der Waals surface area contributed by atoms with Crippen molar-refractivity contribution in [3.8, 4) is 0 Å². The van der Waals surface area contributed by atoms with Crippen molar-refractivity contribution in [3.63, 3.8) is 0 Å². The van der Waals surface area contributed by atoms with Gasteiger partial charge < -0.3 is 0 Å². The van der Waals surface area contributed by atoms with Crippen molar-refractivity contribution >= 4 is 33.3 Å². The van der Waals surface area contributed by atoms with Crippen molar-refractivity contribution in [2.75, 3.05) is 0 Å². The van der Waals surface area contributed by atoms with E-state index in [1.54, 1.807) is 0 Å². The smallest absolute Gasteiger partial charge is 0.269 e. The molecule has 0 saturated carbocycles. The predicted octanol–water partition coefficient (Wildman–Crippen LogP) is 1.54. The predicted molar refractivity (Wildman–Crippen MR) is 64.2 cm³/mol. The molecule has 114 valence electrons. The molecule has 2 aromatic heterocycles. The summed E-state index contributed by atoms with van der Waals surface area (Å²) in [7, 11) is -4.81. The molecule has 0 aromatic carbocycles. The number of alkyl halides is 3. The second-order valence-electron chi connectivity index (χ2n) is 3.84. The van der Waals surface area contributed by atoms with Crippen molar-refractivity contribution < 1.29 is 30.9 Å². The SMILES string of the molecule is O=C(NS(=O)(=O)O)c1cc2cc(C(F)(F)F)cc(Cl)n2n1. The maximum absolute atomic E-state index is 12.6. The lowest BCUT2D eigenvalue weighted by molar-refractivity contribution is -0.137. The Labute approximate surface area is 120 Å². The zero-order chi connectivity index (χ0) is 16.0. The van der Waals surface area contributed by atoms with Gasteiger partial charge in [-0.2, -0.15) is 26.7 Å². The normalized spacial score (nSPS) is 12.6. The Balaban J connectivity index is 2.52. The summed E-state index contributed by atoms with van der Waals surface area (Å²) in [6.07, 6.45) is -4.65. The van der Waals surface area contributed by atoms with Crippen LogP contribution in [-0.2, 0) is 16.5 Å². The van der Waals surface area contributed by atoms with Crippen molar-refractivity contribution in [3.05, 3.63) is 34.6 Å². The fourth-order valence-electron chi connectivity index (χ4n) is 1.50. The van der Waals surface area contributed by atoms with Crippen molar-refractivity contribution in [2.45, 2.75) is 6.18 Å². The highest BCUT2D eigenvalue weighted by atomic mass is 35.5. The molecule has 2 aromatic rings. The van der Waals surface area contributed by atoms with Crippen LogP contribution in [0.1, 0.15) is 16.1 Å². The average Bonchev–Trinajstić information content (AvgIpc) is 2.69. The third kappa shape index (κ3) is 3.43. The Kier molecular flexibility index (Phi) is 3.59. The summed E-state index contributed by atoms with van der Waals surface area (Å²) in [5, 5.41) is 3.12. The third-order valence-corrected chi connectivity index (χ3v) is 3.01. The van der Waals surface area contributed by atoms with Crippen molar-refractivity contribution in [1.82, 2.24) is 14.3 Å². The van der Waals surface area contributed by atoms with Crippen LogP contribution in [0.25, 0.3) is 5.52 Å². The average molecular weight is 344 g/mol. The van der Waals surface area contributed by atoms with Gasteiger partial charge in [0.2, 0.25) is 0 Å². The van der Waals surface area contributed by atoms with Gasteiger partial charge in [-0.3, -0.25) is 9.35 Å². The van der Waals surface area contributed by atoms with Gasteiger partial charge in [0, 0.05) is 0 Å². The number of carbonyl (C=O) groups excluding carboxylic acids is 1. The molecule has 0 aliphatic carbocycles. The van der Waals surface area contributed by atoms with E-state index in [2.05, 4.69) is 5.10 Å². The third-order valence-electron chi connectivity index (χ3n) is 2.30. The fourth-order valence-corrected chi connectivity index (χ4v) is 2.10. The number of nitrogens with one attached hydrogen (secondary N) is 1. The highest BCUT2D eigenvalue weighted by molar-refractivity contribution is 7.84. The van der Waals surface area contributed by atoms with Gasteiger partial charge in [-0.1, -0.05) is 11.6 Å². The summed E-state index contributed by atoms with van der Waals surface area (Å²) >= 11 is 5.62. The van der Waals surface area contributed by atoms with Crippen LogP contribution in [0.15, 0.2) is 18.2 Å². The highest BCUT2D eigenvalue weighted by Crippen LogP contribution is 2.32. The number of amides is 1. The number of halogens is 4. The first-order chi connectivity index (χ1) is 9.47. The maximum Gasteiger partial charge on any atom is 0.416 e. The van der Waals surface area contributed by atoms with E-state index in [4.69, 9.17) is 16.2 Å². The van der Waals surface area contributed by atoms with Gasteiger partial charge in [0.05, 0.1) is 11.1 Å². The molecule has 2 heterocycles. The largest absolute Gasteiger partial charge is 0.416 e. The molecule has 0 fully saturated rings. The Morgan fingerprint density at radius 3 is 2.48 bits per heavy atom. The molecule has 7 nitrogen and oxygen atoms in total. The Morgan fingerprint density at radius 2 is 1.95 bits per heavy atom. The molecule has 0 aliphatic heterocycles. The van der Waals surface area contributed by atoms with Crippen LogP contribution in [-0.4, -0.2) is 28.5 Å². The van der Waals surface area contributed by atoms with Gasteiger partial charge in [0.25, 0.3) is 5.91 Å². The van der Waals surface area contributed by atoms with Crippen LogP contribution in [0.2, 0.25) is 5.15 Å². The summed E-state index contributed by atoms with van der Waals surface area (Å²) in [6, 6.07) is 2.18. The number of hydrogen-bond donors (Lipinski definition) is 2. The number of rotatable bonds is 2. The Hall–Kier alpha value is -1.85. The van der Waals surface area contributed by atoms with E-state index in [9.17, 15) is 26.4 Å². The van der Waals surface area contributed by atoms with E-state index in [0.717, 1.165) is 10.6 Å². The second kappa shape index (κ2) is 4.86. The number of hydrogen-bond acceptors (Lipinski definition) is 4. The molecule has 0 aliphatic rings. The number of aromatic nitrogens is 2. The monoisotopic (exact) mass is 343 g/mol. The van der Waals surface area contributed by atoms with E-state index in [0.29, 0.717) is 12.1 Å². The van der Waals surface area contributed by atoms with Crippen molar-refractivity contribution in [1.29, 1.82) is 0 Å². The van der Waals surface area contributed by atoms with Crippen LogP contribution in [0.3, 0.4) is 0 Å². The molecule has 1 amide bonds. The topological polar surface area (TPSA) is 101 Å². The minimum absolute atomic E-state index is 0.171. The summed E-state index contributed by atoms with van der Waals surface area (Å²) in [4.78, 5) is 11.4. The Morgan fingerprint density at radius 1 is 1.33 bits per heavy atom. The second-order valence-corrected chi connectivity index (χ2v) is 5.38. The molecule has 2 N–H and O–H groups in total. The van der Waals surface area contributed by atoms with Gasteiger partial charge in [0.1, 0.15) is 5.15 Å². The van der Waals surface area contributed by atoms with E-state index in [1.165, 1.54) is 4.72 Å². The summed E-state index contributed by atoms with van der Waals surface area (Å²) < 4.78 is 69.3. The van der Waals surface area contributed by atoms with Crippen LogP contribution >= 0.6 is 11.6 Å². The van der Waals surface area contributed by atoms with Crippen LogP contribution < -0.4 is 4.72 Å². The van der Waals surface area contributed by atoms with E-state index in [1.807, 2.05) is 0 Å². The minimum Gasteiger partial charge on any atom is -0.269 e. The van der Waals surface area contributed by atoms with Crippen LogP contribution in [0, 0.1) is 0 Å². The first-order valence-electron chi connectivity index (χ1n) is 5.03. The van der Waals surface area contributed by atoms with Crippen LogP contribution in [0.5, 0.6) is 0 Å². The quantitative estimate of drug-likeness (QED) is 0.636. The molecule has 0 bridgehead atoms. The number of nitrogens with zero attached hydrogens (tertiary/aromatic N) is 2. The van der Waals surface area contributed by atoms with Crippen LogP contribution in [0.4, 0.5) is 13.2 Å². The molecular weight excluding hydrogens is 339 g/mol. The van der Waals surface area contributed by atoms with E-state index >= 15 is 0 Å². The van der Waals surface area contributed by atoms with Crippen molar-refractivity contribution in [2.24, 2.45) is 0 Å². The lowest BCUT2D eigenvalue weighted by atomic mass is 10.2. The Bertz CT molecular complexity index is 831. The zero-order valence-electron chi connectivity index (χ0n) is 9.72. The lowest BCUT2D eigenvalue weighted by Crippen LogP contribution is -2.30. The molecule has 12 heteroatoms. The fraction of sp³-hybridized carbons (Fsp3) is 0.111. The zero-order valence-corrected chi connectivity index (χ0v) is 11.3. The molecule has 0 spiro atoms. The van der Waals surface area contributed by atoms with Gasteiger partial charge in [0.15, 0.2) is 5.69 Å². The molecule has 0 saturated heterocycles.